The van der Waals surface area contributed by atoms with Gasteiger partial charge in [-0.3, -0.25) is 4.90 Å². The molecule has 2 aliphatic rings. The van der Waals surface area contributed by atoms with E-state index in [2.05, 4.69) is 29.2 Å². The highest BCUT2D eigenvalue weighted by Crippen LogP contribution is 2.43. The number of methoxy groups -OCH3 is 2. The molecule has 1 fully saturated rings. The van der Waals surface area contributed by atoms with Crippen LogP contribution >= 0.6 is 0 Å². The second-order valence-corrected chi connectivity index (χ2v) is 8.12. The van der Waals surface area contributed by atoms with E-state index in [0.717, 1.165) is 62.5 Å². The summed E-state index contributed by atoms with van der Waals surface area (Å²) in [6, 6.07) is 14.5. The van der Waals surface area contributed by atoms with Crippen LogP contribution in [0.3, 0.4) is 0 Å². The topological polar surface area (TPSA) is 60.4 Å². The molecule has 0 radical (unpaired) electrons. The van der Waals surface area contributed by atoms with E-state index in [4.69, 9.17) is 18.9 Å². The van der Waals surface area contributed by atoms with Crippen LogP contribution in [0.25, 0.3) is 0 Å². The Morgan fingerprint density at radius 2 is 1.74 bits per heavy atom. The van der Waals surface area contributed by atoms with Crippen LogP contribution in [-0.4, -0.2) is 56.9 Å². The number of hydrogen-bond donors (Lipinski definition) is 1. The number of ether oxygens (including phenoxy) is 4. The Morgan fingerprint density at radius 1 is 1.03 bits per heavy atom. The summed E-state index contributed by atoms with van der Waals surface area (Å²) in [5.74, 6) is 1.49. The molecule has 0 unspecified atom stereocenters. The fourth-order valence-electron chi connectivity index (χ4n) is 4.82. The van der Waals surface area contributed by atoms with Gasteiger partial charge in [-0.15, -0.1) is 0 Å². The maximum absolute atomic E-state index is 10.4. The Labute approximate surface area is 184 Å². The van der Waals surface area contributed by atoms with Gasteiger partial charge in [0, 0.05) is 19.0 Å². The third kappa shape index (κ3) is 4.88. The molecule has 0 bridgehead atoms. The molecule has 0 saturated carbocycles. The van der Waals surface area contributed by atoms with Crippen LogP contribution in [0.15, 0.2) is 42.5 Å². The third-order valence-electron chi connectivity index (χ3n) is 6.37. The summed E-state index contributed by atoms with van der Waals surface area (Å²) < 4.78 is 22.8. The SMILES string of the molecule is COc1cc2c(cc1OC)[C@H](CCC1OCCCO1)N([C@@H](CO)c1ccccc1)CC2. The Kier molecular flexibility index (Phi) is 7.45. The molecule has 1 saturated heterocycles. The summed E-state index contributed by atoms with van der Waals surface area (Å²) in [5, 5.41) is 10.4. The van der Waals surface area contributed by atoms with Gasteiger partial charge >= 0.3 is 0 Å². The Bertz CT molecular complexity index is 837. The Hall–Kier alpha value is -2.12. The molecular formula is C25H33NO5. The van der Waals surface area contributed by atoms with Crippen molar-refractivity contribution in [3.63, 3.8) is 0 Å². The van der Waals surface area contributed by atoms with Crippen LogP contribution in [0.1, 0.15) is 48.0 Å². The third-order valence-corrected chi connectivity index (χ3v) is 6.37. The van der Waals surface area contributed by atoms with Crippen LogP contribution < -0.4 is 9.47 Å². The molecule has 2 aromatic carbocycles. The number of hydrogen-bond acceptors (Lipinski definition) is 6. The lowest BCUT2D eigenvalue weighted by molar-refractivity contribution is -0.183. The second kappa shape index (κ2) is 10.5. The summed E-state index contributed by atoms with van der Waals surface area (Å²) in [6.45, 7) is 2.44. The quantitative estimate of drug-likeness (QED) is 0.690. The van der Waals surface area contributed by atoms with E-state index < -0.39 is 0 Å². The van der Waals surface area contributed by atoms with Crippen molar-refractivity contribution in [3.05, 3.63) is 59.2 Å². The predicted octanol–water partition coefficient (Wildman–Crippen LogP) is 3.88. The second-order valence-electron chi connectivity index (χ2n) is 8.12. The van der Waals surface area contributed by atoms with E-state index in [0.29, 0.717) is 0 Å². The van der Waals surface area contributed by atoms with E-state index in [-0.39, 0.29) is 25.0 Å². The lowest BCUT2D eigenvalue weighted by atomic mass is 9.87. The van der Waals surface area contributed by atoms with Gasteiger partial charge < -0.3 is 24.1 Å². The van der Waals surface area contributed by atoms with Crippen molar-refractivity contribution >= 4 is 0 Å². The van der Waals surface area contributed by atoms with Crippen molar-refractivity contribution in [3.8, 4) is 11.5 Å². The number of benzene rings is 2. The molecule has 2 aromatic rings. The molecule has 31 heavy (non-hydrogen) atoms. The molecule has 0 amide bonds. The van der Waals surface area contributed by atoms with Crippen LogP contribution in [0.2, 0.25) is 0 Å². The van der Waals surface area contributed by atoms with Crippen molar-refractivity contribution in [1.82, 2.24) is 4.90 Å². The summed E-state index contributed by atoms with van der Waals surface area (Å²) in [6.07, 6.45) is 3.36. The van der Waals surface area contributed by atoms with Crippen LogP contribution in [0.5, 0.6) is 11.5 Å². The molecule has 0 aliphatic carbocycles. The van der Waals surface area contributed by atoms with Crippen molar-refractivity contribution in [2.75, 3.05) is 40.6 Å². The molecule has 1 N–H and O–H groups in total. The molecule has 0 aromatic heterocycles. The van der Waals surface area contributed by atoms with Crippen LogP contribution in [0, 0.1) is 0 Å². The lowest BCUT2D eigenvalue weighted by Gasteiger charge is -2.42. The van der Waals surface area contributed by atoms with Gasteiger partial charge in [0.1, 0.15) is 0 Å². The minimum absolute atomic E-state index is 0.0689. The first-order valence-electron chi connectivity index (χ1n) is 11.1. The summed E-state index contributed by atoms with van der Waals surface area (Å²) in [7, 11) is 3.34. The summed E-state index contributed by atoms with van der Waals surface area (Å²) in [5.41, 5.74) is 3.63. The van der Waals surface area contributed by atoms with Crippen molar-refractivity contribution in [2.45, 2.75) is 44.1 Å². The number of aliphatic hydroxyl groups excluding tert-OH is 1. The molecule has 168 valence electrons. The van der Waals surface area contributed by atoms with Gasteiger partial charge in [-0.1, -0.05) is 30.3 Å². The molecular weight excluding hydrogens is 394 g/mol. The Morgan fingerprint density at radius 3 is 2.42 bits per heavy atom. The Balaban J connectivity index is 1.67. The van der Waals surface area contributed by atoms with Crippen molar-refractivity contribution < 1.29 is 24.1 Å². The first-order valence-corrected chi connectivity index (χ1v) is 11.1. The van der Waals surface area contributed by atoms with Gasteiger partial charge in [0.15, 0.2) is 17.8 Å². The number of fused-ring (bicyclic) bond motifs is 1. The maximum atomic E-state index is 10.4. The largest absolute Gasteiger partial charge is 0.493 e. The zero-order valence-corrected chi connectivity index (χ0v) is 18.5. The first kappa shape index (κ1) is 22.1. The number of nitrogens with zero attached hydrogens (tertiary/aromatic N) is 1. The monoisotopic (exact) mass is 427 g/mol. The van der Waals surface area contributed by atoms with Crippen molar-refractivity contribution in [1.29, 1.82) is 0 Å². The highest BCUT2D eigenvalue weighted by Gasteiger charge is 2.34. The molecule has 2 atom stereocenters. The molecule has 4 rings (SSSR count). The van der Waals surface area contributed by atoms with E-state index in [1.165, 1.54) is 11.1 Å². The smallest absolute Gasteiger partial charge is 0.161 e. The van der Waals surface area contributed by atoms with Gasteiger partial charge in [0.05, 0.1) is 40.1 Å². The minimum atomic E-state index is -0.162. The van der Waals surface area contributed by atoms with Gasteiger partial charge in [0.25, 0.3) is 0 Å². The molecule has 0 spiro atoms. The minimum Gasteiger partial charge on any atom is -0.493 e. The highest BCUT2D eigenvalue weighted by atomic mass is 16.7. The fourth-order valence-corrected chi connectivity index (χ4v) is 4.82. The molecule has 2 heterocycles. The first-order chi connectivity index (χ1) is 15.2. The van der Waals surface area contributed by atoms with E-state index in [1.807, 2.05) is 18.2 Å². The molecule has 6 heteroatoms. The highest BCUT2D eigenvalue weighted by molar-refractivity contribution is 5.49. The number of rotatable bonds is 8. The fraction of sp³-hybridized carbons (Fsp3) is 0.520. The summed E-state index contributed by atoms with van der Waals surface area (Å²) >= 11 is 0. The van der Waals surface area contributed by atoms with E-state index in [9.17, 15) is 5.11 Å². The van der Waals surface area contributed by atoms with Crippen molar-refractivity contribution in [2.24, 2.45) is 0 Å². The summed E-state index contributed by atoms with van der Waals surface area (Å²) in [4.78, 5) is 2.42. The van der Waals surface area contributed by atoms with E-state index >= 15 is 0 Å². The van der Waals surface area contributed by atoms with E-state index in [1.54, 1.807) is 14.2 Å². The normalized spacial score (nSPS) is 20.8. The van der Waals surface area contributed by atoms with Crippen LogP contribution in [0.4, 0.5) is 0 Å². The zero-order valence-electron chi connectivity index (χ0n) is 18.5. The average Bonchev–Trinajstić information content (AvgIpc) is 2.84. The maximum Gasteiger partial charge on any atom is 0.161 e. The van der Waals surface area contributed by atoms with Gasteiger partial charge in [-0.05, 0) is 48.1 Å². The predicted molar refractivity (Wildman–Crippen MR) is 119 cm³/mol. The van der Waals surface area contributed by atoms with Crippen LogP contribution in [-0.2, 0) is 15.9 Å². The standard InChI is InChI=1S/C25H33NO5/c1-28-23-15-19-11-12-26(22(17-27)18-7-4-3-5-8-18)21(20(19)16-24(23)29-2)9-10-25-30-13-6-14-31-25/h3-5,7-8,15-16,21-22,25,27H,6,9-14,17H2,1-2H3/t21-,22-/m0/s1. The number of aliphatic hydroxyl groups is 1. The van der Waals surface area contributed by atoms with Gasteiger partial charge in [-0.25, -0.2) is 0 Å². The van der Waals surface area contributed by atoms with Gasteiger partial charge in [0.2, 0.25) is 0 Å². The zero-order chi connectivity index (χ0) is 21.6. The molecule has 6 nitrogen and oxygen atoms in total. The lowest BCUT2D eigenvalue weighted by Crippen LogP contribution is -2.40. The average molecular weight is 428 g/mol. The molecule has 2 aliphatic heterocycles. The van der Waals surface area contributed by atoms with Gasteiger partial charge in [-0.2, -0.15) is 0 Å².